The predicted octanol–water partition coefficient (Wildman–Crippen LogP) is 4.32. The summed E-state index contributed by atoms with van der Waals surface area (Å²) in [7, 11) is 0. The maximum absolute atomic E-state index is 12.8. The van der Waals surface area contributed by atoms with Crippen LogP contribution in [-0.2, 0) is 16.4 Å². The van der Waals surface area contributed by atoms with E-state index in [4.69, 9.17) is 11.6 Å². The quantitative estimate of drug-likeness (QED) is 0.811. The van der Waals surface area contributed by atoms with Gasteiger partial charge in [-0.1, -0.05) is 17.7 Å². The summed E-state index contributed by atoms with van der Waals surface area (Å²) in [6, 6.07) is 7.29. The fourth-order valence-electron chi connectivity index (χ4n) is 2.81. The van der Waals surface area contributed by atoms with E-state index in [0.29, 0.717) is 10.6 Å². The van der Waals surface area contributed by atoms with Crippen molar-refractivity contribution in [1.29, 1.82) is 0 Å². The van der Waals surface area contributed by atoms with Crippen molar-refractivity contribution in [2.75, 3.05) is 5.32 Å². The van der Waals surface area contributed by atoms with Gasteiger partial charge in [-0.3, -0.25) is 4.79 Å². The Morgan fingerprint density at radius 3 is 2.48 bits per heavy atom. The van der Waals surface area contributed by atoms with Crippen molar-refractivity contribution in [3.8, 4) is 5.75 Å². The van der Waals surface area contributed by atoms with Crippen LogP contribution >= 0.6 is 11.6 Å². The molecule has 1 heterocycles. The third-order valence-corrected chi connectivity index (χ3v) is 4.32. The van der Waals surface area contributed by atoms with Crippen molar-refractivity contribution in [2.45, 2.75) is 18.5 Å². The number of alkyl halides is 3. The molecule has 0 saturated carbocycles. The minimum atomic E-state index is -4.50. The Morgan fingerprint density at radius 2 is 1.83 bits per heavy atom. The summed E-state index contributed by atoms with van der Waals surface area (Å²) >= 11 is 5.93. The zero-order valence-electron chi connectivity index (χ0n) is 11.8. The van der Waals surface area contributed by atoms with Crippen LogP contribution in [0.15, 0.2) is 36.4 Å². The first kappa shape index (κ1) is 15.7. The lowest BCUT2D eigenvalue weighted by atomic mass is 9.76. The van der Waals surface area contributed by atoms with E-state index < -0.39 is 23.1 Å². The van der Waals surface area contributed by atoms with E-state index in [1.165, 1.54) is 31.2 Å². The molecule has 120 valence electrons. The van der Waals surface area contributed by atoms with Crippen molar-refractivity contribution in [3.05, 3.63) is 58.1 Å². The zero-order chi connectivity index (χ0) is 17.0. The first-order valence-electron chi connectivity index (χ1n) is 6.66. The minimum Gasteiger partial charge on any atom is -0.508 e. The molecule has 2 aromatic carbocycles. The van der Waals surface area contributed by atoms with Gasteiger partial charge < -0.3 is 10.4 Å². The van der Waals surface area contributed by atoms with E-state index in [1.54, 1.807) is 0 Å². The highest BCUT2D eigenvalue weighted by Crippen LogP contribution is 2.47. The van der Waals surface area contributed by atoms with E-state index in [9.17, 15) is 23.1 Å². The monoisotopic (exact) mass is 341 g/mol. The predicted molar refractivity (Wildman–Crippen MR) is 79.6 cm³/mol. The molecule has 1 amide bonds. The zero-order valence-corrected chi connectivity index (χ0v) is 12.6. The summed E-state index contributed by atoms with van der Waals surface area (Å²) < 4.78 is 38.4. The first-order valence-corrected chi connectivity index (χ1v) is 7.04. The summed E-state index contributed by atoms with van der Waals surface area (Å²) in [5.74, 6) is -0.677. The fourth-order valence-corrected chi connectivity index (χ4v) is 2.98. The Bertz CT molecular complexity index is 819. The van der Waals surface area contributed by atoms with Gasteiger partial charge in [-0.05, 0) is 42.8 Å². The molecule has 0 fully saturated rings. The molecule has 3 nitrogen and oxygen atoms in total. The SMILES string of the molecule is C[C@]1(c2cc(Cl)ccc2O)C(=O)Nc2cc(C(F)(F)F)ccc21. The molecule has 0 aliphatic carbocycles. The average Bonchev–Trinajstić information content (AvgIpc) is 2.72. The van der Waals surface area contributed by atoms with Gasteiger partial charge in [-0.2, -0.15) is 13.2 Å². The molecule has 0 saturated heterocycles. The van der Waals surface area contributed by atoms with Gasteiger partial charge in [0.25, 0.3) is 0 Å². The largest absolute Gasteiger partial charge is 0.508 e. The molecular formula is C16H11ClF3NO2. The van der Waals surface area contributed by atoms with E-state index in [0.717, 1.165) is 12.1 Å². The Kier molecular flexibility index (Phi) is 3.33. The van der Waals surface area contributed by atoms with E-state index in [1.807, 2.05) is 0 Å². The lowest BCUT2D eigenvalue weighted by Gasteiger charge is -2.24. The smallest absolute Gasteiger partial charge is 0.416 e. The van der Waals surface area contributed by atoms with Crippen LogP contribution < -0.4 is 5.32 Å². The molecule has 2 N–H and O–H groups in total. The van der Waals surface area contributed by atoms with Gasteiger partial charge in [0, 0.05) is 16.3 Å². The number of halogens is 4. The van der Waals surface area contributed by atoms with Crippen LogP contribution in [0, 0.1) is 0 Å². The molecule has 0 aromatic heterocycles. The van der Waals surface area contributed by atoms with Crippen LogP contribution in [0.2, 0.25) is 5.02 Å². The molecule has 0 unspecified atom stereocenters. The third kappa shape index (κ3) is 2.34. The van der Waals surface area contributed by atoms with Gasteiger partial charge in [0.05, 0.1) is 5.56 Å². The summed E-state index contributed by atoms with van der Waals surface area (Å²) in [5, 5.41) is 12.8. The highest BCUT2D eigenvalue weighted by atomic mass is 35.5. The van der Waals surface area contributed by atoms with Gasteiger partial charge in [0.15, 0.2) is 0 Å². The lowest BCUT2D eigenvalue weighted by molar-refractivity contribution is -0.137. The van der Waals surface area contributed by atoms with Crippen LogP contribution in [-0.4, -0.2) is 11.0 Å². The van der Waals surface area contributed by atoms with Crippen molar-refractivity contribution in [2.24, 2.45) is 0 Å². The van der Waals surface area contributed by atoms with Gasteiger partial charge in [0.2, 0.25) is 5.91 Å². The number of carbonyl (C=O) groups is 1. The number of hydrogen-bond acceptors (Lipinski definition) is 2. The average molecular weight is 342 g/mol. The van der Waals surface area contributed by atoms with E-state index in [2.05, 4.69) is 5.32 Å². The topological polar surface area (TPSA) is 49.3 Å². The van der Waals surface area contributed by atoms with Crippen LogP contribution in [0.1, 0.15) is 23.6 Å². The number of aromatic hydroxyl groups is 1. The van der Waals surface area contributed by atoms with Crippen LogP contribution in [0.4, 0.5) is 18.9 Å². The molecule has 1 atom stereocenters. The maximum Gasteiger partial charge on any atom is 0.416 e. The van der Waals surface area contributed by atoms with Crippen LogP contribution in [0.3, 0.4) is 0 Å². The Hall–Kier alpha value is -2.21. The summed E-state index contributed by atoms with van der Waals surface area (Å²) in [5.41, 5.74) is -1.51. The summed E-state index contributed by atoms with van der Waals surface area (Å²) in [6.07, 6.45) is -4.50. The van der Waals surface area contributed by atoms with Crippen LogP contribution in [0.5, 0.6) is 5.75 Å². The molecule has 1 aliphatic heterocycles. The maximum atomic E-state index is 12.8. The van der Waals surface area contributed by atoms with Crippen molar-refractivity contribution in [3.63, 3.8) is 0 Å². The molecule has 1 aliphatic rings. The molecule has 0 bridgehead atoms. The molecule has 23 heavy (non-hydrogen) atoms. The van der Waals surface area contributed by atoms with E-state index >= 15 is 0 Å². The second-order valence-corrected chi connectivity index (χ2v) is 5.94. The van der Waals surface area contributed by atoms with E-state index in [-0.39, 0.29) is 17.0 Å². The number of hydrogen-bond donors (Lipinski definition) is 2. The third-order valence-electron chi connectivity index (χ3n) is 4.09. The second-order valence-electron chi connectivity index (χ2n) is 5.50. The number of amides is 1. The Morgan fingerprint density at radius 1 is 1.13 bits per heavy atom. The highest BCUT2D eigenvalue weighted by molar-refractivity contribution is 6.30. The molecule has 3 rings (SSSR count). The fraction of sp³-hybridized carbons (Fsp3) is 0.188. The molecular weight excluding hydrogens is 331 g/mol. The molecule has 7 heteroatoms. The Labute approximate surface area is 134 Å². The normalized spacial score (nSPS) is 20.3. The second kappa shape index (κ2) is 4.89. The first-order chi connectivity index (χ1) is 10.6. The number of benzene rings is 2. The number of nitrogens with one attached hydrogen (secondary N) is 1. The number of anilines is 1. The molecule has 2 aromatic rings. The lowest BCUT2D eigenvalue weighted by Crippen LogP contribution is -2.32. The number of phenolic OH excluding ortho intramolecular Hbond substituents is 1. The Balaban J connectivity index is 2.20. The van der Waals surface area contributed by atoms with Crippen molar-refractivity contribution >= 4 is 23.2 Å². The van der Waals surface area contributed by atoms with Gasteiger partial charge >= 0.3 is 6.18 Å². The highest BCUT2D eigenvalue weighted by Gasteiger charge is 2.46. The number of carbonyl (C=O) groups excluding carboxylic acids is 1. The number of phenols is 1. The van der Waals surface area contributed by atoms with Crippen molar-refractivity contribution in [1.82, 2.24) is 0 Å². The van der Waals surface area contributed by atoms with Gasteiger partial charge in [-0.25, -0.2) is 0 Å². The molecule has 0 radical (unpaired) electrons. The van der Waals surface area contributed by atoms with Crippen molar-refractivity contribution < 1.29 is 23.1 Å². The van der Waals surface area contributed by atoms with Crippen LogP contribution in [0.25, 0.3) is 0 Å². The number of fused-ring (bicyclic) bond motifs is 1. The van der Waals surface area contributed by atoms with Gasteiger partial charge in [-0.15, -0.1) is 0 Å². The molecule has 0 spiro atoms. The minimum absolute atomic E-state index is 0.0756. The summed E-state index contributed by atoms with van der Waals surface area (Å²) in [4.78, 5) is 12.4. The number of rotatable bonds is 1. The standard InChI is InChI=1S/C16H11ClF3NO2/c1-15(11-7-9(17)3-5-13(11)22)10-4-2-8(16(18,19)20)6-12(10)21-14(15)23/h2-7,22H,1H3,(H,21,23)/t15-/m0/s1. The summed E-state index contributed by atoms with van der Waals surface area (Å²) in [6.45, 7) is 1.53. The van der Waals surface area contributed by atoms with Gasteiger partial charge in [0.1, 0.15) is 11.2 Å².